The summed E-state index contributed by atoms with van der Waals surface area (Å²) < 4.78 is 5.24. The fourth-order valence-electron chi connectivity index (χ4n) is 1.89. The number of thiophene rings is 1. The lowest BCUT2D eigenvalue weighted by Crippen LogP contribution is -2.25. The number of nitrogens with two attached hydrogens (primary N) is 1. The highest BCUT2D eigenvalue weighted by Gasteiger charge is 2.19. The maximum Gasteiger partial charge on any atom is 0.267 e. The van der Waals surface area contributed by atoms with Crippen LogP contribution in [0.3, 0.4) is 0 Å². The molecule has 1 aromatic heterocycles. The lowest BCUT2D eigenvalue weighted by atomic mass is 10.2. The SMILES string of the molecule is Nc1cc2c(cc1NC(=O)c1sccc1Cl)NC(=O)CO2. The van der Waals surface area contributed by atoms with Gasteiger partial charge >= 0.3 is 0 Å². The third kappa shape index (κ3) is 2.65. The first-order valence-corrected chi connectivity index (χ1v) is 7.21. The van der Waals surface area contributed by atoms with Gasteiger partial charge in [-0.1, -0.05) is 11.6 Å². The second-order valence-corrected chi connectivity index (χ2v) is 5.65. The number of benzene rings is 1. The summed E-state index contributed by atoms with van der Waals surface area (Å²) >= 11 is 7.15. The van der Waals surface area contributed by atoms with E-state index >= 15 is 0 Å². The molecular formula is C13H10ClN3O3S. The van der Waals surface area contributed by atoms with Crippen molar-refractivity contribution >= 4 is 51.8 Å². The summed E-state index contributed by atoms with van der Waals surface area (Å²) in [6.07, 6.45) is 0. The van der Waals surface area contributed by atoms with Gasteiger partial charge in [-0.25, -0.2) is 0 Å². The van der Waals surface area contributed by atoms with Gasteiger partial charge in [0.2, 0.25) is 0 Å². The fourth-order valence-corrected chi connectivity index (χ4v) is 2.92. The Hall–Kier alpha value is -2.25. The number of carbonyl (C=O) groups excluding carboxylic acids is 2. The van der Waals surface area contributed by atoms with Crippen LogP contribution in [0.2, 0.25) is 5.02 Å². The van der Waals surface area contributed by atoms with Gasteiger partial charge < -0.3 is 21.1 Å². The van der Waals surface area contributed by atoms with Gasteiger partial charge in [0.15, 0.2) is 6.61 Å². The first-order chi connectivity index (χ1) is 10.0. The van der Waals surface area contributed by atoms with Gasteiger partial charge in [0, 0.05) is 6.07 Å². The summed E-state index contributed by atoms with van der Waals surface area (Å²) in [5.41, 5.74) is 7.07. The summed E-state index contributed by atoms with van der Waals surface area (Å²) in [4.78, 5) is 23.8. The van der Waals surface area contributed by atoms with E-state index in [9.17, 15) is 9.59 Å². The number of ether oxygens (including phenoxy) is 1. The molecule has 3 rings (SSSR count). The van der Waals surface area contributed by atoms with Crippen molar-refractivity contribution in [3.05, 3.63) is 33.5 Å². The Balaban J connectivity index is 1.89. The van der Waals surface area contributed by atoms with E-state index in [4.69, 9.17) is 22.1 Å². The average molecular weight is 324 g/mol. The first-order valence-electron chi connectivity index (χ1n) is 5.95. The minimum atomic E-state index is -0.357. The van der Waals surface area contributed by atoms with E-state index in [2.05, 4.69) is 10.6 Å². The van der Waals surface area contributed by atoms with E-state index in [-0.39, 0.29) is 18.4 Å². The minimum Gasteiger partial charge on any atom is -0.482 e. The van der Waals surface area contributed by atoms with Crippen molar-refractivity contribution in [3.63, 3.8) is 0 Å². The molecule has 0 spiro atoms. The van der Waals surface area contributed by atoms with Crippen LogP contribution in [-0.4, -0.2) is 18.4 Å². The molecule has 0 aliphatic carbocycles. The Morgan fingerprint density at radius 2 is 2.29 bits per heavy atom. The zero-order valence-corrected chi connectivity index (χ0v) is 12.2. The van der Waals surface area contributed by atoms with Gasteiger partial charge in [-0.3, -0.25) is 9.59 Å². The molecule has 0 unspecified atom stereocenters. The third-order valence-electron chi connectivity index (χ3n) is 2.86. The van der Waals surface area contributed by atoms with Gasteiger partial charge in [-0.2, -0.15) is 0 Å². The molecule has 108 valence electrons. The molecule has 0 bridgehead atoms. The van der Waals surface area contributed by atoms with Crippen molar-refractivity contribution in [2.45, 2.75) is 0 Å². The second-order valence-electron chi connectivity index (χ2n) is 4.32. The minimum absolute atomic E-state index is 0.0526. The highest BCUT2D eigenvalue weighted by Crippen LogP contribution is 2.35. The summed E-state index contributed by atoms with van der Waals surface area (Å²) in [5, 5.41) is 7.43. The number of nitrogen functional groups attached to an aromatic ring is 1. The Morgan fingerprint density at radius 1 is 1.48 bits per heavy atom. The molecule has 1 aliphatic rings. The molecule has 21 heavy (non-hydrogen) atoms. The van der Waals surface area contributed by atoms with Crippen LogP contribution in [0.4, 0.5) is 17.1 Å². The van der Waals surface area contributed by atoms with Crippen molar-refractivity contribution in [1.82, 2.24) is 0 Å². The predicted octanol–water partition coefficient (Wildman–Crippen LogP) is 2.57. The van der Waals surface area contributed by atoms with E-state index in [0.29, 0.717) is 32.7 Å². The van der Waals surface area contributed by atoms with Crippen LogP contribution in [-0.2, 0) is 4.79 Å². The molecule has 0 saturated heterocycles. The number of anilines is 3. The fraction of sp³-hybridized carbons (Fsp3) is 0.0769. The highest BCUT2D eigenvalue weighted by atomic mass is 35.5. The molecule has 6 nitrogen and oxygen atoms in total. The molecule has 0 saturated carbocycles. The zero-order valence-electron chi connectivity index (χ0n) is 10.6. The number of rotatable bonds is 2. The van der Waals surface area contributed by atoms with Crippen molar-refractivity contribution in [1.29, 1.82) is 0 Å². The Labute approximate surface area is 128 Å². The van der Waals surface area contributed by atoms with E-state index in [1.807, 2.05) is 0 Å². The molecule has 2 amide bonds. The maximum atomic E-state index is 12.1. The van der Waals surface area contributed by atoms with E-state index in [0.717, 1.165) is 0 Å². The average Bonchev–Trinajstić information content (AvgIpc) is 2.86. The summed E-state index contributed by atoms with van der Waals surface area (Å²) in [6.45, 7) is -0.0526. The molecule has 8 heteroatoms. The smallest absolute Gasteiger partial charge is 0.267 e. The molecule has 0 radical (unpaired) electrons. The van der Waals surface area contributed by atoms with Gasteiger partial charge in [0.05, 0.1) is 22.1 Å². The predicted molar refractivity (Wildman–Crippen MR) is 82.3 cm³/mol. The molecule has 2 heterocycles. The number of hydrogen-bond acceptors (Lipinski definition) is 5. The second kappa shape index (κ2) is 5.27. The van der Waals surface area contributed by atoms with E-state index in [1.54, 1.807) is 23.6 Å². The summed E-state index contributed by atoms with van der Waals surface area (Å²) in [5.74, 6) is -0.144. The standard InChI is InChI=1S/C13H10ClN3O3S/c14-6-1-2-21-12(6)13(19)17-8-4-9-10(3-7(8)15)20-5-11(18)16-9/h1-4H,5,15H2,(H,16,18)(H,17,19). The van der Waals surface area contributed by atoms with E-state index in [1.165, 1.54) is 11.3 Å². The maximum absolute atomic E-state index is 12.1. The van der Waals surface area contributed by atoms with Crippen LogP contribution in [0.25, 0.3) is 0 Å². The number of carbonyl (C=O) groups is 2. The number of hydrogen-bond donors (Lipinski definition) is 3. The van der Waals surface area contributed by atoms with Crippen LogP contribution in [0.15, 0.2) is 23.6 Å². The van der Waals surface area contributed by atoms with Gasteiger partial charge in [-0.05, 0) is 17.5 Å². The van der Waals surface area contributed by atoms with Crippen molar-refractivity contribution < 1.29 is 14.3 Å². The van der Waals surface area contributed by atoms with Crippen LogP contribution >= 0.6 is 22.9 Å². The Bertz CT molecular complexity index is 744. The molecular weight excluding hydrogens is 314 g/mol. The number of nitrogens with one attached hydrogen (secondary N) is 2. The van der Waals surface area contributed by atoms with Gasteiger partial charge in [0.1, 0.15) is 10.6 Å². The van der Waals surface area contributed by atoms with Crippen LogP contribution in [0.1, 0.15) is 9.67 Å². The summed E-state index contributed by atoms with van der Waals surface area (Å²) in [7, 11) is 0. The van der Waals surface area contributed by atoms with Crippen molar-refractivity contribution in [2.75, 3.05) is 23.0 Å². The molecule has 0 atom stereocenters. The first kappa shape index (κ1) is 13.7. The number of amides is 2. The third-order valence-corrected chi connectivity index (χ3v) is 4.20. The number of fused-ring (bicyclic) bond motifs is 1. The Kier molecular flexibility index (Phi) is 3.44. The Morgan fingerprint density at radius 3 is 3.00 bits per heavy atom. The lowest BCUT2D eigenvalue weighted by molar-refractivity contribution is -0.118. The molecule has 1 aromatic carbocycles. The van der Waals surface area contributed by atoms with Gasteiger partial charge in [0.25, 0.3) is 11.8 Å². The zero-order chi connectivity index (χ0) is 15.0. The highest BCUT2D eigenvalue weighted by molar-refractivity contribution is 7.12. The normalized spacial score (nSPS) is 13.1. The van der Waals surface area contributed by atoms with Crippen LogP contribution in [0.5, 0.6) is 5.75 Å². The topological polar surface area (TPSA) is 93.5 Å². The molecule has 1 aliphatic heterocycles. The number of halogens is 1. The summed E-state index contributed by atoms with van der Waals surface area (Å²) in [6, 6.07) is 4.76. The monoisotopic (exact) mass is 323 g/mol. The molecule has 2 aromatic rings. The lowest BCUT2D eigenvalue weighted by Gasteiger charge is -2.20. The van der Waals surface area contributed by atoms with Crippen molar-refractivity contribution in [3.8, 4) is 5.75 Å². The molecule has 4 N–H and O–H groups in total. The quantitative estimate of drug-likeness (QED) is 0.740. The van der Waals surface area contributed by atoms with E-state index < -0.39 is 0 Å². The van der Waals surface area contributed by atoms with Crippen LogP contribution in [0, 0.1) is 0 Å². The van der Waals surface area contributed by atoms with Gasteiger partial charge in [-0.15, -0.1) is 11.3 Å². The van der Waals surface area contributed by atoms with Crippen molar-refractivity contribution in [2.24, 2.45) is 0 Å². The van der Waals surface area contributed by atoms with Crippen LogP contribution < -0.4 is 21.1 Å². The largest absolute Gasteiger partial charge is 0.482 e. The molecule has 0 fully saturated rings.